The summed E-state index contributed by atoms with van der Waals surface area (Å²) in [6.45, 7) is 2.02. The van der Waals surface area contributed by atoms with Crippen molar-refractivity contribution in [1.29, 1.82) is 0 Å². The molecular formula is C13H18N2O5S. The van der Waals surface area contributed by atoms with Gasteiger partial charge in [0, 0.05) is 11.6 Å². The SMILES string of the molecule is COc1cc(C(=O)NC2CC2C)cc(S(N)(=O)=O)c1OC. The van der Waals surface area contributed by atoms with Crippen LogP contribution >= 0.6 is 0 Å². The predicted molar refractivity (Wildman–Crippen MR) is 76.0 cm³/mol. The molecule has 116 valence electrons. The number of carbonyl (C=O) groups excluding carboxylic acids is 1. The van der Waals surface area contributed by atoms with Crippen molar-refractivity contribution in [3.8, 4) is 11.5 Å². The average Bonchev–Trinajstić information content (AvgIpc) is 3.11. The van der Waals surface area contributed by atoms with Gasteiger partial charge in [0.1, 0.15) is 4.90 Å². The zero-order valence-electron chi connectivity index (χ0n) is 12.0. The Morgan fingerprint density at radius 1 is 1.33 bits per heavy atom. The van der Waals surface area contributed by atoms with E-state index in [1.54, 1.807) is 0 Å². The van der Waals surface area contributed by atoms with Crippen LogP contribution in [0.5, 0.6) is 11.5 Å². The Bertz CT molecular complexity index is 671. The van der Waals surface area contributed by atoms with Crippen LogP contribution in [0.4, 0.5) is 0 Å². The van der Waals surface area contributed by atoms with E-state index in [4.69, 9.17) is 14.6 Å². The van der Waals surface area contributed by atoms with Gasteiger partial charge in [-0.05, 0) is 24.5 Å². The van der Waals surface area contributed by atoms with Crippen molar-refractivity contribution in [2.75, 3.05) is 14.2 Å². The highest BCUT2D eigenvalue weighted by atomic mass is 32.2. The summed E-state index contributed by atoms with van der Waals surface area (Å²) >= 11 is 0. The minimum atomic E-state index is -4.04. The summed E-state index contributed by atoms with van der Waals surface area (Å²) in [6.07, 6.45) is 0.918. The molecule has 8 heteroatoms. The van der Waals surface area contributed by atoms with Crippen molar-refractivity contribution in [2.24, 2.45) is 11.1 Å². The molecule has 0 heterocycles. The van der Waals surface area contributed by atoms with Gasteiger partial charge in [-0.3, -0.25) is 4.79 Å². The van der Waals surface area contributed by atoms with Crippen molar-refractivity contribution in [1.82, 2.24) is 5.32 Å². The number of methoxy groups -OCH3 is 2. The number of benzene rings is 1. The second-order valence-electron chi connectivity index (χ2n) is 5.05. The predicted octanol–water partition coefficient (Wildman–Crippen LogP) is 0.489. The molecular weight excluding hydrogens is 296 g/mol. The highest BCUT2D eigenvalue weighted by Crippen LogP contribution is 2.35. The molecule has 1 aliphatic rings. The molecule has 1 fully saturated rings. The number of hydrogen-bond donors (Lipinski definition) is 2. The van der Waals surface area contributed by atoms with Crippen LogP contribution in [0.25, 0.3) is 0 Å². The molecule has 0 aromatic heterocycles. The van der Waals surface area contributed by atoms with Gasteiger partial charge in [-0.2, -0.15) is 0 Å². The molecule has 1 saturated carbocycles. The van der Waals surface area contributed by atoms with E-state index in [1.165, 1.54) is 26.4 Å². The number of nitrogens with two attached hydrogens (primary N) is 1. The Balaban J connectivity index is 2.45. The fourth-order valence-corrected chi connectivity index (χ4v) is 2.78. The molecule has 1 amide bonds. The van der Waals surface area contributed by atoms with Gasteiger partial charge in [-0.25, -0.2) is 13.6 Å². The van der Waals surface area contributed by atoms with Crippen molar-refractivity contribution in [3.05, 3.63) is 17.7 Å². The highest BCUT2D eigenvalue weighted by molar-refractivity contribution is 7.89. The third-order valence-electron chi connectivity index (χ3n) is 3.44. The third-order valence-corrected chi connectivity index (χ3v) is 4.36. The average molecular weight is 314 g/mol. The molecule has 0 radical (unpaired) electrons. The van der Waals surface area contributed by atoms with Gasteiger partial charge < -0.3 is 14.8 Å². The van der Waals surface area contributed by atoms with Gasteiger partial charge in [-0.1, -0.05) is 6.92 Å². The number of hydrogen-bond acceptors (Lipinski definition) is 5. The molecule has 3 N–H and O–H groups in total. The molecule has 0 spiro atoms. The summed E-state index contributed by atoms with van der Waals surface area (Å²) in [5.74, 6) is 0.191. The molecule has 21 heavy (non-hydrogen) atoms. The van der Waals surface area contributed by atoms with Crippen LogP contribution < -0.4 is 19.9 Å². The fraction of sp³-hybridized carbons (Fsp3) is 0.462. The summed E-state index contributed by atoms with van der Waals surface area (Å²) in [5, 5.41) is 7.98. The van der Waals surface area contributed by atoms with Gasteiger partial charge >= 0.3 is 0 Å². The van der Waals surface area contributed by atoms with Crippen molar-refractivity contribution in [2.45, 2.75) is 24.3 Å². The van der Waals surface area contributed by atoms with Crippen LogP contribution in [-0.2, 0) is 10.0 Å². The molecule has 0 saturated heterocycles. The Hall–Kier alpha value is -1.80. The Morgan fingerprint density at radius 3 is 2.38 bits per heavy atom. The van der Waals surface area contributed by atoms with Gasteiger partial charge in [0.15, 0.2) is 11.5 Å². The number of amides is 1. The molecule has 1 aromatic rings. The molecule has 0 aliphatic heterocycles. The first-order chi connectivity index (χ1) is 9.77. The van der Waals surface area contributed by atoms with E-state index in [1.807, 2.05) is 6.92 Å². The molecule has 1 aromatic carbocycles. The second kappa shape index (κ2) is 5.53. The highest BCUT2D eigenvalue weighted by Gasteiger charge is 2.34. The minimum Gasteiger partial charge on any atom is -0.493 e. The van der Waals surface area contributed by atoms with Gasteiger partial charge in [0.25, 0.3) is 5.91 Å². The number of primary sulfonamides is 1. The smallest absolute Gasteiger partial charge is 0.251 e. The largest absolute Gasteiger partial charge is 0.493 e. The van der Waals surface area contributed by atoms with Gasteiger partial charge in [0.2, 0.25) is 10.0 Å². The normalized spacial score (nSPS) is 20.8. The monoisotopic (exact) mass is 314 g/mol. The Kier molecular flexibility index (Phi) is 4.11. The zero-order valence-corrected chi connectivity index (χ0v) is 12.9. The first kappa shape index (κ1) is 15.6. The van der Waals surface area contributed by atoms with Crippen molar-refractivity contribution in [3.63, 3.8) is 0 Å². The van der Waals surface area contributed by atoms with Crippen LogP contribution in [0, 0.1) is 5.92 Å². The molecule has 0 bridgehead atoms. The fourth-order valence-electron chi connectivity index (χ4n) is 2.05. The maximum atomic E-state index is 12.1. The van der Waals surface area contributed by atoms with Gasteiger partial charge in [-0.15, -0.1) is 0 Å². The van der Waals surface area contributed by atoms with Crippen molar-refractivity contribution >= 4 is 15.9 Å². The minimum absolute atomic E-state index is 0.0173. The first-order valence-corrected chi connectivity index (χ1v) is 7.92. The van der Waals surface area contributed by atoms with Crippen LogP contribution in [0.2, 0.25) is 0 Å². The molecule has 7 nitrogen and oxygen atoms in total. The Labute approximate surface area is 123 Å². The lowest BCUT2D eigenvalue weighted by Crippen LogP contribution is -2.27. The lowest BCUT2D eigenvalue weighted by molar-refractivity contribution is 0.0948. The first-order valence-electron chi connectivity index (χ1n) is 6.37. The summed E-state index contributed by atoms with van der Waals surface area (Å²) in [4.78, 5) is 11.9. The van der Waals surface area contributed by atoms with Crippen LogP contribution in [0.1, 0.15) is 23.7 Å². The third kappa shape index (κ3) is 3.27. The van der Waals surface area contributed by atoms with E-state index < -0.39 is 10.0 Å². The molecule has 1 aliphatic carbocycles. The standard InChI is InChI=1S/C13H18N2O5S/c1-7-4-9(7)15-13(16)8-5-10(19-2)12(20-3)11(6-8)21(14,17)18/h5-7,9H,4H2,1-3H3,(H,15,16)(H2,14,17,18). The van der Waals surface area contributed by atoms with E-state index in [2.05, 4.69) is 5.32 Å². The molecule has 2 atom stereocenters. The van der Waals surface area contributed by atoms with E-state index in [0.29, 0.717) is 5.92 Å². The summed E-state index contributed by atoms with van der Waals surface area (Å²) in [5.41, 5.74) is 0.163. The summed E-state index contributed by atoms with van der Waals surface area (Å²) in [6, 6.07) is 2.75. The maximum absolute atomic E-state index is 12.1. The summed E-state index contributed by atoms with van der Waals surface area (Å²) < 4.78 is 33.4. The second-order valence-corrected chi connectivity index (χ2v) is 6.58. The van der Waals surface area contributed by atoms with Crippen molar-refractivity contribution < 1.29 is 22.7 Å². The lowest BCUT2D eigenvalue weighted by Gasteiger charge is -2.13. The van der Waals surface area contributed by atoms with Gasteiger partial charge in [0.05, 0.1) is 14.2 Å². The topological polar surface area (TPSA) is 108 Å². The van der Waals surface area contributed by atoms with Crippen LogP contribution in [0.3, 0.4) is 0 Å². The maximum Gasteiger partial charge on any atom is 0.251 e. The van der Waals surface area contributed by atoms with E-state index >= 15 is 0 Å². The van der Waals surface area contributed by atoms with Crippen LogP contribution in [-0.4, -0.2) is 34.6 Å². The summed E-state index contributed by atoms with van der Waals surface area (Å²) in [7, 11) is -1.38. The molecule has 2 unspecified atom stereocenters. The quantitative estimate of drug-likeness (QED) is 0.822. The lowest BCUT2D eigenvalue weighted by atomic mass is 10.2. The zero-order chi connectivity index (χ0) is 15.8. The van der Waals surface area contributed by atoms with Crippen LogP contribution in [0.15, 0.2) is 17.0 Å². The number of rotatable bonds is 5. The van der Waals surface area contributed by atoms with E-state index in [0.717, 1.165) is 6.42 Å². The number of sulfonamides is 1. The van der Waals surface area contributed by atoms with E-state index in [9.17, 15) is 13.2 Å². The Morgan fingerprint density at radius 2 is 1.95 bits per heavy atom. The number of ether oxygens (including phenoxy) is 2. The molecule has 2 rings (SSSR count). The number of carbonyl (C=O) groups is 1. The van der Waals surface area contributed by atoms with E-state index in [-0.39, 0.29) is 33.9 Å². The number of nitrogens with one attached hydrogen (secondary N) is 1.